The van der Waals surface area contributed by atoms with Crippen molar-refractivity contribution in [1.29, 1.82) is 5.26 Å². The highest BCUT2D eigenvalue weighted by atomic mass is 127. The summed E-state index contributed by atoms with van der Waals surface area (Å²) in [7, 11) is 0. The number of nitriles is 1. The molecule has 96 valence electrons. The van der Waals surface area contributed by atoms with Gasteiger partial charge in [-0.15, -0.1) is 0 Å². The molecule has 0 bridgehead atoms. The largest absolute Gasteiger partial charge is 0.321 e. The van der Waals surface area contributed by atoms with Crippen molar-refractivity contribution in [3.8, 4) is 6.07 Å². The lowest BCUT2D eigenvalue weighted by molar-refractivity contribution is -0.110. The molecule has 0 saturated carbocycles. The molecule has 3 rings (SSSR count). The van der Waals surface area contributed by atoms with E-state index in [9.17, 15) is 4.79 Å². The lowest BCUT2D eigenvalue weighted by atomic mass is 10.0. The van der Waals surface area contributed by atoms with Crippen LogP contribution in [0.3, 0.4) is 0 Å². The van der Waals surface area contributed by atoms with Gasteiger partial charge in [0.15, 0.2) is 0 Å². The first-order valence-electron chi connectivity index (χ1n) is 6.00. The number of carbonyl (C=O) groups is 1. The van der Waals surface area contributed by atoms with E-state index in [1.54, 1.807) is 12.1 Å². The zero-order chi connectivity index (χ0) is 14.1. The van der Waals surface area contributed by atoms with Crippen LogP contribution in [0.25, 0.3) is 11.6 Å². The average Bonchev–Trinajstić information content (AvgIpc) is 2.75. The summed E-state index contributed by atoms with van der Waals surface area (Å²) in [5, 5.41) is 11.8. The van der Waals surface area contributed by atoms with Crippen molar-refractivity contribution in [2.24, 2.45) is 0 Å². The monoisotopic (exact) mass is 372 g/mol. The zero-order valence-electron chi connectivity index (χ0n) is 10.4. The molecule has 2 aromatic rings. The Kier molecular flexibility index (Phi) is 3.28. The highest BCUT2D eigenvalue weighted by molar-refractivity contribution is 14.1. The molecule has 20 heavy (non-hydrogen) atoms. The molecule has 2 aromatic carbocycles. The van der Waals surface area contributed by atoms with Crippen LogP contribution < -0.4 is 5.32 Å². The van der Waals surface area contributed by atoms with E-state index in [0.717, 1.165) is 20.4 Å². The van der Waals surface area contributed by atoms with Crippen LogP contribution in [0.4, 0.5) is 5.69 Å². The molecule has 1 aliphatic heterocycles. The van der Waals surface area contributed by atoms with Gasteiger partial charge in [-0.3, -0.25) is 4.79 Å². The number of halogens is 1. The summed E-state index contributed by atoms with van der Waals surface area (Å²) in [4.78, 5) is 12.1. The Morgan fingerprint density at radius 1 is 1.20 bits per heavy atom. The van der Waals surface area contributed by atoms with Gasteiger partial charge >= 0.3 is 0 Å². The minimum absolute atomic E-state index is 0.107. The van der Waals surface area contributed by atoms with Gasteiger partial charge in [-0.25, -0.2) is 0 Å². The molecule has 1 aliphatic rings. The average molecular weight is 372 g/mol. The summed E-state index contributed by atoms with van der Waals surface area (Å²) >= 11 is 2.22. The molecule has 0 fully saturated rings. The Bertz CT molecular complexity index is 787. The third-order valence-corrected chi connectivity index (χ3v) is 3.76. The van der Waals surface area contributed by atoms with Crippen LogP contribution >= 0.6 is 22.6 Å². The van der Waals surface area contributed by atoms with E-state index in [2.05, 4.69) is 34.0 Å². The van der Waals surface area contributed by atoms with Crippen LogP contribution in [-0.2, 0) is 4.79 Å². The molecule has 4 heteroatoms. The maximum absolute atomic E-state index is 12.1. The second-order valence-corrected chi connectivity index (χ2v) is 5.68. The van der Waals surface area contributed by atoms with Crippen LogP contribution in [0, 0.1) is 14.9 Å². The van der Waals surface area contributed by atoms with Crippen LogP contribution in [0.5, 0.6) is 0 Å². The smallest absolute Gasteiger partial charge is 0.256 e. The normalized spacial score (nSPS) is 14.8. The molecule has 1 amide bonds. The number of fused-ring (bicyclic) bond motifs is 1. The molecule has 0 atom stereocenters. The number of carbonyl (C=O) groups excluding carboxylic acids is 1. The fraction of sp³-hybridized carbons (Fsp3) is 0. The zero-order valence-corrected chi connectivity index (χ0v) is 12.5. The molecule has 0 aliphatic carbocycles. The lowest BCUT2D eigenvalue weighted by Gasteiger charge is -2.00. The summed E-state index contributed by atoms with van der Waals surface area (Å²) in [6.45, 7) is 0. The second kappa shape index (κ2) is 5.10. The fourth-order valence-electron chi connectivity index (χ4n) is 2.17. The van der Waals surface area contributed by atoms with Crippen LogP contribution in [0.15, 0.2) is 42.5 Å². The molecule has 0 radical (unpaired) electrons. The van der Waals surface area contributed by atoms with E-state index in [0.29, 0.717) is 11.1 Å². The minimum atomic E-state index is -0.107. The molecule has 0 spiro atoms. The first-order chi connectivity index (χ1) is 9.67. The van der Waals surface area contributed by atoms with Crippen molar-refractivity contribution in [2.45, 2.75) is 0 Å². The molecule has 0 aromatic heterocycles. The Balaban J connectivity index is 2.11. The summed E-state index contributed by atoms with van der Waals surface area (Å²) in [6, 6.07) is 15.2. The first-order valence-corrected chi connectivity index (χ1v) is 7.08. The maximum atomic E-state index is 12.1. The van der Waals surface area contributed by atoms with Gasteiger partial charge in [0.05, 0.1) is 11.6 Å². The van der Waals surface area contributed by atoms with E-state index >= 15 is 0 Å². The number of anilines is 1. The molecule has 1 N–H and O–H groups in total. The molecule has 3 nitrogen and oxygen atoms in total. The van der Waals surface area contributed by atoms with Gasteiger partial charge in [-0.05, 0) is 64.6 Å². The van der Waals surface area contributed by atoms with Gasteiger partial charge in [0.1, 0.15) is 0 Å². The standard InChI is InChI=1S/C16H9IN2O/c17-12-4-5-15-13(8-12)14(16(20)19-15)7-10-2-1-3-11(6-10)9-18/h1-8H,(H,19,20). The van der Waals surface area contributed by atoms with E-state index < -0.39 is 0 Å². The summed E-state index contributed by atoms with van der Waals surface area (Å²) in [5.41, 5.74) is 3.80. The van der Waals surface area contributed by atoms with E-state index in [4.69, 9.17) is 5.26 Å². The summed E-state index contributed by atoms with van der Waals surface area (Å²) in [5.74, 6) is -0.107. The maximum Gasteiger partial charge on any atom is 0.256 e. The number of hydrogen-bond acceptors (Lipinski definition) is 2. The van der Waals surface area contributed by atoms with Gasteiger partial charge in [0, 0.05) is 20.4 Å². The van der Waals surface area contributed by atoms with E-state index in [1.807, 2.05) is 36.4 Å². The number of amides is 1. The number of nitrogens with one attached hydrogen (secondary N) is 1. The Morgan fingerprint density at radius 3 is 2.85 bits per heavy atom. The number of benzene rings is 2. The Morgan fingerprint density at radius 2 is 2.05 bits per heavy atom. The topological polar surface area (TPSA) is 52.9 Å². The minimum Gasteiger partial charge on any atom is -0.321 e. The quantitative estimate of drug-likeness (QED) is 0.614. The van der Waals surface area contributed by atoms with Crippen LogP contribution in [-0.4, -0.2) is 5.91 Å². The van der Waals surface area contributed by atoms with Crippen molar-refractivity contribution in [3.05, 3.63) is 62.7 Å². The lowest BCUT2D eigenvalue weighted by Crippen LogP contribution is -2.03. The second-order valence-electron chi connectivity index (χ2n) is 4.44. The molecular weight excluding hydrogens is 363 g/mol. The van der Waals surface area contributed by atoms with Crippen molar-refractivity contribution in [3.63, 3.8) is 0 Å². The van der Waals surface area contributed by atoms with Crippen LogP contribution in [0.2, 0.25) is 0 Å². The van der Waals surface area contributed by atoms with E-state index in [-0.39, 0.29) is 5.91 Å². The van der Waals surface area contributed by atoms with E-state index in [1.165, 1.54) is 0 Å². The van der Waals surface area contributed by atoms with Crippen molar-refractivity contribution in [1.82, 2.24) is 0 Å². The molecule has 0 unspecified atom stereocenters. The SMILES string of the molecule is N#Cc1cccc(C=C2C(=O)Nc3ccc(I)cc32)c1. The van der Waals surface area contributed by atoms with Gasteiger partial charge in [0.25, 0.3) is 5.91 Å². The van der Waals surface area contributed by atoms with Gasteiger partial charge in [-0.1, -0.05) is 12.1 Å². The summed E-state index contributed by atoms with van der Waals surface area (Å²) in [6.07, 6.45) is 1.82. The Hall–Kier alpha value is -2.13. The summed E-state index contributed by atoms with van der Waals surface area (Å²) < 4.78 is 1.08. The fourth-order valence-corrected chi connectivity index (χ4v) is 2.66. The number of rotatable bonds is 1. The van der Waals surface area contributed by atoms with Gasteiger partial charge < -0.3 is 5.32 Å². The number of hydrogen-bond donors (Lipinski definition) is 1. The highest BCUT2D eigenvalue weighted by Crippen LogP contribution is 2.34. The molecular formula is C16H9IN2O. The molecule has 1 heterocycles. The molecule has 0 saturated heterocycles. The predicted molar refractivity (Wildman–Crippen MR) is 86.8 cm³/mol. The van der Waals surface area contributed by atoms with Gasteiger partial charge in [0.2, 0.25) is 0 Å². The first kappa shape index (κ1) is 12.9. The third kappa shape index (κ3) is 2.32. The van der Waals surface area contributed by atoms with Crippen molar-refractivity contribution in [2.75, 3.05) is 5.32 Å². The van der Waals surface area contributed by atoms with Gasteiger partial charge in [-0.2, -0.15) is 5.26 Å². The Labute approximate surface area is 130 Å². The number of nitrogens with zero attached hydrogens (tertiary/aromatic N) is 1. The predicted octanol–water partition coefficient (Wildman–Crippen LogP) is 3.66. The van der Waals surface area contributed by atoms with Crippen molar-refractivity contribution >= 4 is 45.8 Å². The third-order valence-electron chi connectivity index (χ3n) is 3.09. The van der Waals surface area contributed by atoms with Crippen molar-refractivity contribution < 1.29 is 4.79 Å². The van der Waals surface area contributed by atoms with Crippen LogP contribution in [0.1, 0.15) is 16.7 Å². The highest BCUT2D eigenvalue weighted by Gasteiger charge is 2.23.